The molecular weight excluding hydrogens is 340 g/mol. The lowest BCUT2D eigenvalue weighted by molar-refractivity contribution is 0.0947. The number of carbonyl (C=O) groups excluding carboxylic acids is 1. The van der Waals surface area contributed by atoms with Crippen LogP contribution in [0.4, 0.5) is 0 Å². The molecule has 140 valence electrons. The standard InChI is InChI=1S/C20H24N6O/c1-24-12-16(11-23-24)13-25-14-18(26-19(15-25)8-10-22-26)7-9-21-20(27)17-5-3-2-4-6-17/h2-6,8,10-12,18H,7,9,13-15H2,1H3,(H,21,27)/t18-/m1/s1. The lowest BCUT2D eigenvalue weighted by atomic mass is 10.1. The van der Waals surface area contributed by atoms with Crippen molar-refractivity contribution in [1.82, 2.24) is 29.8 Å². The van der Waals surface area contributed by atoms with Crippen molar-refractivity contribution in [2.45, 2.75) is 25.6 Å². The van der Waals surface area contributed by atoms with E-state index in [1.165, 1.54) is 11.3 Å². The zero-order valence-corrected chi connectivity index (χ0v) is 15.5. The van der Waals surface area contributed by atoms with E-state index in [-0.39, 0.29) is 11.9 Å². The molecule has 2 aromatic heterocycles. The summed E-state index contributed by atoms with van der Waals surface area (Å²) in [7, 11) is 1.94. The van der Waals surface area contributed by atoms with Crippen LogP contribution in [-0.2, 0) is 20.1 Å². The van der Waals surface area contributed by atoms with E-state index in [2.05, 4.69) is 37.4 Å². The van der Waals surface area contributed by atoms with Crippen molar-refractivity contribution in [1.29, 1.82) is 0 Å². The van der Waals surface area contributed by atoms with Crippen molar-refractivity contribution in [3.05, 3.63) is 71.8 Å². The molecule has 7 heteroatoms. The van der Waals surface area contributed by atoms with E-state index < -0.39 is 0 Å². The van der Waals surface area contributed by atoms with Crippen LogP contribution < -0.4 is 5.32 Å². The fourth-order valence-corrected chi connectivity index (χ4v) is 3.65. The summed E-state index contributed by atoms with van der Waals surface area (Å²) in [6.07, 6.45) is 6.68. The van der Waals surface area contributed by atoms with Crippen LogP contribution in [0, 0.1) is 0 Å². The molecular formula is C20H24N6O. The third-order valence-corrected chi connectivity index (χ3v) is 4.92. The van der Waals surface area contributed by atoms with Crippen LogP contribution >= 0.6 is 0 Å². The van der Waals surface area contributed by atoms with Gasteiger partial charge in [0.25, 0.3) is 5.91 Å². The molecule has 0 saturated carbocycles. The number of nitrogens with zero attached hydrogens (tertiary/aromatic N) is 5. The Morgan fingerprint density at radius 2 is 2.07 bits per heavy atom. The molecule has 0 unspecified atom stereocenters. The second-order valence-corrected chi connectivity index (χ2v) is 7.02. The maximum absolute atomic E-state index is 12.2. The van der Waals surface area contributed by atoms with E-state index in [0.717, 1.165) is 26.1 Å². The number of fused-ring (bicyclic) bond motifs is 1. The summed E-state index contributed by atoms with van der Waals surface area (Å²) >= 11 is 0. The van der Waals surface area contributed by atoms with Crippen molar-refractivity contribution in [2.75, 3.05) is 13.1 Å². The van der Waals surface area contributed by atoms with Crippen LogP contribution in [0.1, 0.15) is 34.1 Å². The third-order valence-electron chi connectivity index (χ3n) is 4.92. The Labute approximate surface area is 158 Å². The number of amides is 1. The van der Waals surface area contributed by atoms with Gasteiger partial charge in [0.15, 0.2) is 0 Å². The second kappa shape index (κ2) is 7.75. The van der Waals surface area contributed by atoms with Crippen molar-refractivity contribution in [3.63, 3.8) is 0 Å². The molecule has 1 aliphatic heterocycles. The van der Waals surface area contributed by atoms with Crippen molar-refractivity contribution in [2.24, 2.45) is 7.05 Å². The molecule has 27 heavy (non-hydrogen) atoms. The van der Waals surface area contributed by atoms with Gasteiger partial charge in [0.05, 0.1) is 17.9 Å². The molecule has 1 amide bonds. The first kappa shape index (κ1) is 17.5. The number of benzene rings is 1. The van der Waals surface area contributed by atoms with Gasteiger partial charge in [-0.3, -0.25) is 19.1 Å². The highest BCUT2D eigenvalue weighted by Crippen LogP contribution is 2.24. The van der Waals surface area contributed by atoms with Gasteiger partial charge in [-0.1, -0.05) is 18.2 Å². The highest BCUT2D eigenvalue weighted by molar-refractivity contribution is 5.94. The topological polar surface area (TPSA) is 68.0 Å². The van der Waals surface area contributed by atoms with Crippen LogP contribution in [0.15, 0.2) is 55.0 Å². The Balaban J connectivity index is 1.37. The Bertz CT molecular complexity index is 900. The summed E-state index contributed by atoms with van der Waals surface area (Å²) in [5.74, 6) is -0.0284. The Morgan fingerprint density at radius 1 is 1.22 bits per heavy atom. The average molecular weight is 364 g/mol. The predicted octanol–water partition coefficient (Wildman–Crippen LogP) is 1.99. The fourth-order valence-electron chi connectivity index (χ4n) is 3.65. The maximum atomic E-state index is 12.2. The Morgan fingerprint density at radius 3 is 2.85 bits per heavy atom. The predicted molar refractivity (Wildman–Crippen MR) is 102 cm³/mol. The molecule has 1 atom stereocenters. The van der Waals surface area contributed by atoms with Gasteiger partial charge < -0.3 is 5.32 Å². The van der Waals surface area contributed by atoms with Crippen LogP contribution in [0.25, 0.3) is 0 Å². The Kier molecular flexibility index (Phi) is 5.02. The molecule has 1 aromatic carbocycles. The van der Waals surface area contributed by atoms with E-state index in [1.807, 2.05) is 54.5 Å². The minimum atomic E-state index is -0.0284. The number of aromatic nitrogens is 4. The molecule has 0 radical (unpaired) electrons. The zero-order chi connectivity index (χ0) is 18.6. The number of aryl methyl sites for hydroxylation is 1. The first-order valence-corrected chi connectivity index (χ1v) is 9.24. The summed E-state index contributed by atoms with van der Waals surface area (Å²) in [6, 6.07) is 11.6. The van der Waals surface area contributed by atoms with Gasteiger partial charge in [-0.05, 0) is 24.6 Å². The molecule has 0 fully saturated rings. The summed E-state index contributed by atoms with van der Waals surface area (Å²) in [6.45, 7) is 3.27. The molecule has 7 nitrogen and oxygen atoms in total. The van der Waals surface area contributed by atoms with Crippen LogP contribution in [-0.4, -0.2) is 43.5 Å². The largest absolute Gasteiger partial charge is 0.352 e. The summed E-state index contributed by atoms with van der Waals surface area (Å²) in [5.41, 5.74) is 3.12. The summed E-state index contributed by atoms with van der Waals surface area (Å²) in [5, 5.41) is 11.8. The number of hydrogen-bond acceptors (Lipinski definition) is 4. The molecule has 0 saturated heterocycles. The molecule has 0 spiro atoms. The minimum absolute atomic E-state index is 0.0284. The van der Waals surface area contributed by atoms with Crippen LogP contribution in [0.5, 0.6) is 0 Å². The SMILES string of the molecule is Cn1cc(CN2Cc3ccnn3[C@H](CCNC(=O)c3ccccc3)C2)cn1. The van der Waals surface area contributed by atoms with Gasteiger partial charge in [0, 0.05) is 56.7 Å². The lowest BCUT2D eigenvalue weighted by Gasteiger charge is -2.33. The number of nitrogens with one attached hydrogen (secondary N) is 1. The molecule has 4 rings (SSSR count). The van der Waals surface area contributed by atoms with Gasteiger partial charge in [-0.15, -0.1) is 0 Å². The summed E-state index contributed by atoms with van der Waals surface area (Å²) < 4.78 is 3.94. The van der Waals surface area contributed by atoms with Crippen molar-refractivity contribution >= 4 is 5.91 Å². The van der Waals surface area contributed by atoms with Gasteiger partial charge in [-0.25, -0.2) is 0 Å². The molecule has 3 aromatic rings. The van der Waals surface area contributed by atoms with E-state index in [9.17, 15) is 4.79 Å². The number of hydrogen-bond donors (Lipinski definition) is 1. The normalized spacial score (nSPS) is 16.9. The van der Waals surface area contributed by atoms with E-state index in [1.54, 1.807) is 0 Å². The molecule has 1 aliphatic rings. The maximum Gasteiger partial charge on any atom is 0.251 e. The average Bonchev–Trinajstić information content (AvgIpc) is 3.31. The smallest absolute Gasteiger partial charge is 0.251 e. The highest BCUT2D eigenvalue weighted by Gasteiger charge is 2.25. The third kappa shape index (κ3) is 4.09. The van der Waals surface area contributed by atoms with Crippen LogP contribution in [0.3, 0.4) is 0 Å². The lowest BCUT2D eigenvalue weighted by Crippen LogP contribution is -2.38. The fraction of sp³-hybridized carbons (Fsp3) is 0.350. The quantitative estimate of drug-likeness (QED) is 0.726. The summed E-state index contributed by atoms with van der Waals surface area (Å²) in [4.78, 5) is 14.7. The monoisotopic (exact) mass is 364 g/mol. The van der Waals surface area contributed by atoms with Gasteiger partial charge in [0.1, 0.15) is 0 Å². The Hall–Kier alpha value is -2.93. The number of rotatable bonds is 6. The first-order valence-electron chi connectivity index (χ1n) is 9.24. The van der Waals surface area contributed by atoms with Gasteiger partial charge >= 0.3 is 0 Å². The van der Waals surface area contributed by atoms with Gasteiger partial charge in [-0.2, -0.15) is 10.2 Å². The molecule has 0 bridgehead atoms. The van der Waals surface area contributed by atoms with E-state index >= 15 is 0 Å². The molecule has 0 aliphatic carbocycles. The molecule has 1 N–H and O–H groups in total. The molecule has 3 heterocycles. The minimum Gasteiger partial charge on any atom is -0.352 e. The van der Waals surface area contributed by atoms with Crippen molar-refractivity contribution < 1.29 is 4.79 Å². The van der Waals surface area contributed by atoms with Crippen LogP contribution in [0.2, 0.25) is 0 Å². The van der Waals surface area contributed by atoms with Gasteiger partial charge in [0.2, 0.25) is 0 Å². The van der Waals surface area contributed by atoms with Crippen molar-refractivity contribution in [3.8, 4) is 0 Å². The highest BCUT2D eigenvalue weighted by atomic mass is 16.1. The zero-order valence-electron chi connectivity index (χ0n) is 15.5. The number of carbonyl (C=O) groups is 1. The first-order chi connectivity index (χ1) is 13.2. The van der Waals surface area contributed by atoms with E-state index in [4.69, 9.17) is 0 Å². The second-order valence-electron chi connectivity index (χ2n) is 7.02. The van der Waals surface area contributed by atoms with E-state index in [0.29, 0.717) is 12.1 Å².